The van der Waals surface area contributed by atoms with Crippen LogP contribution >= 0.6 is 0 Å². The van der Waals surface area contributed by atoms with E-state index in [1.807, 2.05) is 4.57 Å². The van der Waals surface area contributed by atoms with Crippen LogP contribution in [-0.2, 0) is 13.1 Å². The maximum absolute atomic E-state index is 11.1. The van der Waals surface area contributed by atoms with Gasteiger partial charge in [-0.1, -0.05) is 26.0 Å². The third kappa shape index (κ3) is 2.67. The van der Waals surface area contributed by atoms with Crippen molar-refractivity contribution in [2.75, 3.05) is 0 Å². The molecule has 0 fully saturated rings. The minimum absolute atomic E-state index is 0.0217. The second kappa shape index (κ2) is 5.79. The summed E-state index contributed by atoms with van der Waals surface area (Å²) in [5, 5.41) is 19.2. The van der Waals surface area contributed by atoms with Crippen molar-refractivity contribution in [1.82, 2.24) is 14.8 Å². The monoisotopic (exact) mass is 275 g/mol. The van der Waals surface area contributed by atoms with Crippen LogP contribution in [0.25, 0.3) is 11.4 Å². The van der Waals surface area contributed by atoms with E-state index in [0.717, 1.165) is 0 Å². The average molecular weight is 275 g/mol. The Morgan fingerprint density at radius 1 is 1.35 bits per heavy atom. The van der Waals surface area contributed by atoms with Gasteiger partial charge in [0.2, 0.25) is 0 Å². The van der Waals surface area contributed by atoms with Crippen LogP contribution in [0.5, 0.6) is 0 Å². The fourth-order valence-corrected chi connectivity index (χ4v) is 2.06. The summed E-state index contributed by atoms with van der Waals surface area (Å²) in [5.74, 6) is 1.48. The van der Waals surface area contributed by atoms with Gasteiger partial charge in [0.25, 0.3) is 5.69 Å². The molecule has 0 atom stereocenters. The van der Waals surface area contributed by atoms with Crippen LogP contribution in [0.2, 0.25) is 0 Å². The molecule has 0 saturated heterocycles. The summed E-state index contributed by atoms with van der Waals surface area (Å²) < 4.78 is 1.85. The number of nitro benzene ring substituents is 1. The first-order chi connectivity index (χ1) is 9.54. The lowest BCUT2D eigenvalue weighted by molar-refractivity contribution is -0.384. The Morgan fingerprint density at radius 2 is 2.05 bits per heavy atom. The fourth-order valence-electron chi connectivity index (χ4n) is 2.06. The molecule has 106 valence electrons. The first-order valence-corrected chi connectivity index (χ1v) is 6.40. The van der Waals surface area contributed by atoms with Gasteiger partial charge in [0.15, 0.2) is 5.82 Å². The average Bonchev–Trinajstić information content (AvgIpc) is 2.80. The van der Waals surface area contributed by atoms with Crippen molar-refractivity contribution < 1.29 is 4.92 Å². The van der Waals surface area contributed by atoms with Crippen molar-refractivity contribution in [3.8, 4) is 11.4 Å². The normalized spacial score (nSPS) is 11.0. The standard InChI is InChI=1S/C13H17N5O2/c1-9(2)8-17-12(7-14)15-16-13(17)10-5-3-4-6-11(10)18(19)20/h3-6,9H,7-8,14H2,1-2H3. The van der Waals surface area contributed by atoms with Gasteiger partial charge in [-0.05, 0) is 12.0 Å². The number of rotatable bonds is 5. The molecule has 1 aromatic heterocycles. The van der Waals surface area contributed by atoms with Crippen molar-refractivity contribution in [2.45, 2.75) is 26.9 Å². The predicted molar refractivity (Wildman–Crippen MR) is 74.8 cm³/mol. The summed E-state index contributed by atoms with van der Waals surface area (Å²) >= 11 is 0. The summed E-state index contributed by atoms with van der Waals surface area (Å²) in [5.41, 5.74) is 6.14. The number of hydrogen-bond acceptors (Lipinski definition) is 5. The van der Waals surface area contributed by atoms with Crippen LogP contribution in [0, 0.1) is 16.0 Å². The number of benzene rings is 1. The minimum atomic E-state index is -0.411. The van der Waals surface area contributed by atoms with Crippen LogP contribution in [0.1, 0.15) is 19.7 Å². The molecule has 0 unspecified atom stereocenters. The second-order valence-electron chi connectivity index (χ2n) is 4.92. The van der Waals surface area contributed by atoms with Crippen LogP contribution in [0.15, 0.2) is 24.3 Å². The van der Waals surface area contributed by atoms with Gasteiger partial charge < -0.3 is 10.3 Å². The van der Waals surface area contributed by atoms with Gasteiger partial charge in [0, 0.05) is 12.6 Å². The SMILES string of the molecule is CC(C)Cn1c(CN)nnc1-c1ccccc1[N+](=O)[O-]. The lowest BCUT2D eigenvalue weighted by atomic mass is 10.1. The molecule has 0 bridgehead atoms. The molecule has 0 saturated carbocycles. The highest BCUT2D eigenvalue weighted by atomic mass is 16.6. The zero-order valence-corrected chi connectivity index (χ0v) is 11.5. The van der Waals surface area contributed by atoms with E-state index in [-0.39, 0.29) is 12.2 Å². The Morgan fingerprint density at radius 3 is 2.65 bits per heavy atom. The zero-order valence-electron chi connectivity index (χ0n) is 11.5. The summed E-state index contributed by atoms with van der Waals surface area (Å²) in [4.78, 5) is 10.7. The van der Waals surface area contributed by atoms with Crippen molar-refractivity contribution >= 4 is 5.69 Å². The third-order valence-corrected chi connectivity index (χ3v) is 2.90. The van der Waals surface area contributed by atoms with Gasteiger partial charge >= 0.3 is 0 Å². The molecule has 7 heteroatoms. The molecule has 0 aliphatic heterocycles. The van der Waals surface area contributed by atoms with Crippen LogP contribution in [0.3, 0.4) is 0 Å². The largest absolute Gasteiger partial charge is 0.324 e. The van der Waals surface area contributed by atoms with E-state index < -0.39 is 4.92 Å². The maximum Gasteiger partial charge on any atom is 0.280 e. The van der Waals surface area contributed by atoms with Gasteiger partial charge in [-0.15, -0.1) is 10.2 Å². The van der Waals surface area contributed by atoms with Crippen molar-refractivity contribution in [1.29, 1.82) is 0 Å². The van der Waals surface area contributed by atoms with Crippen molar-refractivity contribution in [2.24, 2.45) is 11.7 Å². The molecular formula is C13H17N5O2. The summed E-state index contributed by atoms with van der Waals surface area (Å²) in [6.07, 6.45) is 0. The van der Waals surface area contributed by atoms with Crippen LogP contribution < -0.4 is 5.73 Å². The first kappa shape index (κ1) is 14.1. The topological polar surface area (TPSA) is 99.9 Å². The summed E-state index contributed by atoms with van der Waals surface area (Å²) in [6, 6.07) is 6.53. The number of hydrogen-bond donors (Lipinski definition) is 1. The Kier molecular flexibility index (Phi) is 4.09. The molecule has 20 heavy (non-hydrogen) atoms. The Labute approximate surface area is 116 Å². The molecular weight excluding hydrogens is 258 g/mol. The molecule has 2 rings (SSSR count). The van der Waals surface area contributed by atoms with Gasteiger partial charge in [-0.2, -0.15) is 0 Å². The smallest absolute Gasteiger partial charge is 0.280 e. The minimum Gasteiger partial charge on any atom is -0.324 e. The van der Waals surface area contributed by atoms with E-state index in [1.54, 1.807) is 18.2 Å². The molecule has 0 radical (unpaired) electrons. The van der Waals surface area contributed by atoms with E-state index in [1.165, 1.54) is 6.07 Å². The van der Waals surface area contributed by atoms with E-state index in [4.69, 9.17) is 5.73 Å². The molecule has 7 nitrogen and oxygen atoms in total. The highest BCUT2D eigenvalue weighted by Gasteiger charge is 2.21. The molecule has 0 spiro atoms. The third-order valence-electron chi connectivity index (χ3n) is 2.90. The molecule has 2 N–H and O–H groups in total. The number of nitro groups is 1. The highest BCUT2D eigenvalue weighted by Crippen LogP contribution is 2.29. The highest BCUT2D eigenvalue weighted by molar-refractivity contribution is 5.68. The summed E-state index contributed by atoms with van der Waals surface area (Å²) in [7, 11) is 0. The maximum atomic E-state index is 11.1. The van der Waals surface area contributed by atoms with Gasteiger partial charge in [-0.3, -0.25) is 10.1 Å². The second-order valence-corrected chi connectivity index (χ2v) is 4.92. The van der Waals surface area contributed by atoms with Gasteiger partial charge in [0.05, 0.1) is 17.0 Å². The van der Waals surface area contributed by atoms with Crippen LogP contribution in [-0.4, -0.2) is 19.7 Å². The number of aromatic nitrogens is 3. The Balaban J connectivity index is 2.58. The van der Waals surface area contributed by atoms with E-state index in [0.29, 0.717) is 29.7 Å². The Hall–Kier alpha value is -2.28. The summed E-state index contributed by atoms with van der Waals surface area (Å²) in [6.45, 7) is 5.04. The molecule has 0 aliphatic rings. The quantitative estimate of drug-likeness (QED) is 0.664. The number of nitrogens with two attached hydrogens (primary N) is 1. The first-order valence-electron chi connectivity index (χ1n) is 6.40. The lowest BCUT2D eigenvalue weighted by Crippen LogP contribution is -2.13. The van der Waals surface area contributed by atoms with E-state index in [9.17, 15) is 10.1 Å². The molecule has 1 aromatic carbocycles. The predicted octanol–water partition coefficient (Wildman–Crippen LogP) is 1.97. The van der Waals surface area contributed by atoms with Gasteiger partial charge in [0.1, 0.15) is 5.82 Å². The molecule has 2 aromatic rings. The number of para-hydroxylation sites is 1. The molecule has 0 amide bonds. The van der Waals surface area contributed by atoms with E-state index in [2.05, 4.69) is 24.0 Å². The molecule has 1 heterocycles. The lowest BCUT2D eigenvalue weighted by Gasteiger charge is -2.12. The van der Waals surface area contributed by atoms with Gasteiger partial charge in [-0.25, -0.2) is 0 Å². The van der Waals surface area contributed by atoms with E-state index >= 15 is 0 Å². The molecule has 0 aliphatic carbocycles. The zero-order chi connectivity index (χ0) is 14.7. The van der Waals surface area contributed by atoms with Crippen molar-refractivity contribution in [3.05, 3.63) is 40.2 Å². The Bertz CT molecular complexity index is 621. The fraction of sp³-hybridized carbons (Fsp3) is 0.385. The number of nitrogens with zero attached hydrogens (tertiary/aromatic N) is 4. The van der Waals surface area contributed by atoms with Crippen LogP contribution in [0.4, 0.5) is 5.69 Å². The van der Waals surface area contributed by atoms with Crippen molar-refractivity contribution in [3.63, 3.8) is 0 Å².